The average Bonchev–Trinajstić information content (AvgIpc) is 3.37. The molecule has 0 aliphatic carbocycles. The van der Waals surface area contributed by atoms with Crippen LogP contribution in [-0.4, -0.2) is 9.55 Å². The van der Waals surface area contributed by atoms with E-state index >= 15 is 0 Å². The number of aromatic amines is 1. The summed E-state index contributed by atoms with van der Waals surface area (Å²) in [6.07, 6.45) is 0. The number of H-pyrrole nitrogens is 1. The van der Waals surface area contributed by atoms with Crippen LogP contribution in [0, 0.1) is 27.7 Å². The highest BCUT2D eigenvalue weighted by atomic mass is 79.9. The zero-order valence-corrected chi connectivity index (χ0v) is 26.5. The quantitative estimate of drug-likeness (QED) is 0.169. The second-order valence-corrected chi connectivity index (χ2v) is 11.5. The van der Waals surface area contributed by atoms with Gasteiger partial charge in [0, 0.05) is 32.1 Å². The molecule has 7 heteroatoms. The van der Waals surface area contributed by atoms with Crippen molar-refractivity contribution in [2.24, 2.45) is 0 Å². The summed E-state index contributed by atoms with van der Waals surface area (Å²) in [5.41, 5.74) is 8.41. The van der Waals surface area contributed by atoms with Gasteiger partial charge >= 0.3 is 0 Å². The number of hydrogen-bond acceptors (Lipinski definition) is 0. The van der Waals surface area contributed by atoms with Crippen LogP contribution in [0.15, 0.2) is 89.4 Å². The third-order valence-electron chi connectivity index (χ3n) is 6.72. The summed E-state index contributed by atoms with van der Waals surface area (Å²) < 4.78 is 3.00. The van der Waals surface area contributed by atoms with Crippen LogP contribution >= 0.6 is 62.3 Å². The molecule has 2 nitrogen and oxygen atoms in total. The van der Waals surface area contributed by atoms with Gasteiger partial charge in [0.05, 0.1) is 31.3 Å². The Morgan fingerprint density at radius 3 is 1.85 bits per heavy atom. The van der Waals surface area contributed by atoms with E-state index in [1.807, 2.05) is 30.3 Å². The first-order valence-electron chi connectivity index (χ1n) is 12.3. The average molecular weight is 661 g/mol. The monoisotopic (exact) mass is 658 g/mol. The van der Waals surface area contributed by atoms with Crippen LogP contribution in [0.25, 0.3) is 27.5 Å². The second kappa shape index (κ2) is 12.8. The van der Waals surface area contributed by atoms with Gasteiger partial charge in [-0.1, -0.05) is 94.9 Å². The van der Waals surface area contributed by atoms with E-state index in [9.17, 15) is 0 Å². The minimum atomic E-state index is 0.569. The van der Waals surface area contributed by atoms with Gasteiger partial charge in [-0.3, -0.25) is 0 Å². The van der Waals surface area contributed by atoms with Crippen LogP contribution in [-0.2, 0) is 0 Å². The molecule has 0 amide bonds. The Bertz CT molecular complexity index is 1750. The molecule has 1 N–H and O–H groups in total. The maximum Gasteiger partial charge on any atom is 0.0832 e. The minimum absolute atomic E-state index is 0.569. The predicted octanol–water partition coefficient (Wildman–Crippen LogP) is 12.1. The summed E-state index contributed by atoms with van der Waals surface area (Å²) in [4.78, 5) is 3.33. The molecule has 0 atom stereocenters. The molecule has 6 aromatic rings. The Labute approximate surface area is 257 Å². The van der Waals surface area contributed by atoms with Crippen molar-refractivity contribution in [1.29, 1.82) is 0 Å². The minimum Gasteiger partial charge on any atom is -0.358 e. The third kappa shape index (κ3) is 6.34. The lowest BCUT2D eigenvalue weighted by molar-refractivity contribution is 1.04. The largest absolute Gasteiger partial charge is 0.358 e. The van der Waals surface area contributed by atoms with Crippen molar-refractivity contribution in [1.82, 2.24) is 9.55 Å². The van der Waals surface area contributed by atoms with Crippen molar-refractivity contribution in [3.8, 4) is 5.69 Å². The molecular weight excluding hydrogens is 634 g/mol. The molecule has 200 valence electrons. The number of fused-ring (bicyclic) bond motifs is 2. The number of para-hydroxylation sites is 2. The van der Waals surface area contributed by atoms with E-state index in [1.165, 1.54) is 38.8 Å². The van der Waals surface area contributed by atoms with Crippen molar-refractivity contribution in [3.05, 3.63) is 132 Å². The van der Waals surface area contributed by atoms with Crippen LogP contribution in [0.3, 0.4) is 0 Å². The smallest absolute Gasteiger partial charge is 0.0832 e. The summed E-state index contributed by atoms with van der Waals surface area (Å²) in [6.45, 7) is 8.49. The van der Waals surface area contributed by atoms with Crippen molar-refractivity contribution < 1.29 is 0 Å². The maximum atomic E-state index is 6.36. The molecule has 0 aliphatic rings. The Kier molecular flexibility index (Phi) is 9.74. The second-order valence-electron chi connectivity index (χ2n) is 9.09. The molecule has 0 aliphatic heterocycles. The first-order valence-corrected chi connectivity index (χ1v) is 14.6. The highest BCUT2D eigenvalue weighted by molar-refractivity contribution is 9.10. The van der Waals surface area contributed by atoms with E-state index in [2.05, 4.69) is 95.6 Å². The highest BCUT2D eigenvalue weighted by Crippen LogP contribution is 2.34. The molecule has 0 radical (unpaired) electrons. The molecule has 4 aromatic carbocycles. The van der Waals surface area contributed by atoms with E-state index in [0.717, 1.165) is 15.7 Å². The van der Waals surface area contributed by atoms with Gasteiger partial charge < -0.3 is 9.55 Å². The lowest BCUT2D eigenvalue weighted by atomic mass is 10.2. The van der Waals surface area contributed by atoms with E-state index in [-0.39, 0.29) is 0 Å². The molecule has 2 heterocycles. The maximum absolute atomic E-state index is 6.36. The van der Waals surface area contributed by atoms with Crippen molar-refractivity contribution in [2.45, 2.75) is 27.7 Å². The van der Waals surface area contributed by atoms with Gasteiger partial charge in [0.15, 0.2) is 0 Å². The van der Waals surface area contributed by atoms with Gasteiger partial charge in [0.1, 0.15) is 0 Å². The first-order chi connectivity index (χ1) is 18.6. The molecular formula is C32H27BrCl4N2. The third-order valence-corrected chi connectivity index (χ3v) is 9.24. The van der Waals surface area contributed by atoms with Gasteiger partial charge in [0.25, 0.3) is 0 Å². The summed E-state index contributed by atoms with van der Waals surface area (Å²) in [7, 11) is 0. The number of halogens is 5. The fraction of sp³-hybridized carbons (Fsp3) is 0.125. The highest BCUT2D eigenvalue weighted by Gasteiger charge is 2.15. The van der Waals surface area contributed by atoms with Crippen LogP contribution in [0.4, 0.5) is 0 Å². The summed E-state index contributed by atoms with van der Waals surface area (Å²) in [6, 6.07) is 27.8. The SMILES string of the molecule is Cc1[nH]c2ccccc2c1C.Cc1c(C)n(-c2cccc(Cl)c2Cl)c2ccccc12.Clc1cccc(Br)c1Cl. The van der Waals surface area contributed by atoms with Gasteiger partial charge in [-0.2, -0.15) is 0 Å². The van der Waals surface area contributed by atoms with E-state index < -0.39 is 0 Å². The molecule has 39 heavy (non-hydrogen) atoms. The van der Waals surface area contributed by atoms with Gasteiger partial charge in [-0.25, -0.2) is 0 Å². The van der Waals surface area contributed by atoms with Crippen molar-refractivity contribution in [2.75, 3.05) is 0 Å². The number of aromatic nitrogens is 2. The zero-order valence-electron chi connectivity index (χ0n) is 21.9. The predicted molar refractivity (Wildman–Crippen MR) is 175 cm³/mol. The molecule has 6 rings (SSSR count). The summed E-state index contributed by atoms with van der Waals surface area (Å²) in [5.74, 6) is 0. The fourth-order valence-electron chi connectivity index (χ4n) is 4.40. The van der Waals surface area contributed by atoms with E-state index in [4.69, 9.17) is 46.4 Å². The van der Waals surface area contributed by atoms with E-state index in [1.54, 1.807) is 12.1 Å². The zero-order chi connectivity index (χ0) is 28.3. The molecule has 0 bridgehead atoms. The van der Waals surface area contributed by atoms with Crippen LogP contribution in [0.5, 0.6) is 0 Å². The normalized spacial score (nSPS) is 10.7. The van der Waals surface area contributed by atoms with Crippen molar-refractivity contribution in [3.63, 3.8) is 0 Å². The topological polar surface area (TPSA) is 20.7 Å². The first kappa shape index (κ1) is 29.6. The van der Waals surface area contributed by atoms with E-state index in [0.29, 0.717) is 20.1 Å². The fourth-order valence-corrected chi connectivity index (χ4v) is 5.56. The van der Waals surface area contributed by atoms with Crippen LogP contribution < -0.4 is 0 Å². The van der Waals surface area contributed by atoms with Gasteiger partial charge in [0.2, 0.25) is 0 Å². The molecule has 2 aromatic heterocycles. The van der Waals surface area contributed by atoms with Crippen molar-refractivity contribution >= 4 is 84.1 Å². The number of nitrogens with zero attached hydrogens (tertiary/aromatic N) is 1. The molecule has 0 saturated heterocycles. The lowest BCUT2D eigenvalue weighted by Gasteiger charge is -2.11. The number of aryl methyl sites for hydroxylation is 3. The number of hydrogen-bond donors (Lipinski definition) is 1. The summed E-state index contributed by atoms with van der Waals surface area (Å²) in [5, 5.41) is 4.90. The lowest BCUT2D eigenvalue weighted by Crippen LogP contribution is -1.97. The van der Waals surface area contributed by atoms with Gasteiger partial charge in [-0.05, 0) is 91.1 Å². The molecule has 0 fully saturated rings. The number of nitrogens with one attached hydrogen (secondary N) is 1. The van der Waals surface area contributed by atoms with Gasteiger partial charge in [-0.15, -0.1) is 0 Å². The Hall–Kier alpha value is -2.40. The molecule has 0 spiro atoms. The van der Waals surface area contributed by atoms with Crippen LogP contribution in [0.1, 0.15) is 22.5 Å². The standard InChI is InChI=1S/C16H13Cl2N.C10H11N.C6H3BrCl2/c1-10-11(2)19(14-8-4-3-6-12(10)14)15-9-5-7-13(17)16(15)18;1-7-8(2)11-10-6-4-3-5-9(7)10;7-4-2-1-3-5(8)6(4)9/h3-9H,1-2H3;3-6,11H,1-2H3;1-3H. The number of rotatable bonds is 1. The molecule has 0 saturated carbocycles. The Morgan fingerprint density at radius 1 is 0.615 bits per heavy atom. The number of benzene rings is 4. The summed E-state index contributed by atoms with van der Waals surface area (Å²) >= 11 is 27.1. The molecule has 0 unspecified atom stereocenters. The van der Waals surface area contributed by atoms with Crippen LogP contribution in [0.2, 0.25) is 20.1 Å². The Morgan fingerprint density at radius 2 is 1.21 bits per heavy atom. The Balaban J connectivity index is 0.000000149.